The van der Waals surface area contributed by atoms with Crippen molar-refractivity contribution >= 4 is 51.1 Å². The second kappa shape index (κ2) is 20.3. The molecule has 3 fully saturated rings. The highest BCUT2D eigenvalue weighted by atomic mass is 35.5. The second-order valence-corrected chi connectivity index (χ2v) is 18.7. The standard InChI is InChI=1S/C44H57Cl2N5O11S/c1-5-62-38(52)28-49-21-23-50(24-22-49)41(54)47-43(32-9-7-6-8-10-32)15-18-48(19-16-43)17-13-42(33-11-12-34(45)35(46)27-33)14-20-51(29-42)44(55,30-63(56,57)58)40(53)31-25-36(59-2)39(61-4)37(26-31)60-3/h6-12,25-27,55H,5,13-24,28-30H2,1-4H3,(H,47,54)(H,56,57,58)/t42?,44-/m1/s1. The van der Waals surface area contributed by atoms with E-state index in [2.05, 4.69) is 10.2 Å². The van der Waals surface area contributed by atoms with Crippen LogP contribution in [0.25, 0.3) is 0 Å². The number of carbonyl (C=O) groups excluding carboxylic acids is 3. The van der Waals surface area contributed by atoms with Crippen LogP contribution < -0.4 is 19.5 Å². The fourth-order valence-electron chi connectivity index (χ4n) is 9.15. The van der Waals surface area contributed by atoms with E-state index in [9.17, 15) is 32.5 Å². The van der Waals surface area contributed by atoms with Crippen LogP contribution >= 0.6 is 23.2 Å². The number of likely N-dealkylation sites (tertiary alicyclic amines) is 2. The SMILES string of the molecule is CCOC(=O)CN1CCN(C(=O)NC2(c3ccccc3)CCN(CCC3(c4ccc(Cl)c(Cl)c4)CCN([C@@](O)(CS(=O)(=O)O)C(=O)c4cc(OC)c(OC)c(OC)c4)C3)CC2)CC1. The number of methoxy groups -OCH3 is 3. The second-order valence-electron chi connectivity index (χ2n) is 16.4. The Labute approximate surface area is 379 Å². The Kier molecular flexibility index (Phi) is 15.6. The molecule has 63 heavy (non-hydrogen) atoms. The molecule has 0 bridgehead atoms. The van der Waals surface area contributed by atoms with Gasteiger partial charge in [-0.05, 0) is 74.5 Å². The van der Waals surface area contributed by atoms with E-state index in [4.69, 9.17) is 42.1 Å². The van der Waals surface area contributed by atoms with Crippen molar-refractivity contribution in [2.24, 2.45) is 0 Å². The van der Waals surface area contributed by atoms with E-state index >= 15 is 0 Å². The Morgan fingerprint density at radius 2 is 1.46 bits per heavy atom. The number of hydrogen-bond donors (Lipinski definition) is 3. The van der Waals surface area contributed by atoms with Crippen molar-refractivity contribution in [2.45, 2.75) is 49.3 Å². The maximum atomic E-state index is 14.4. The van der Waals surface area contributed by atoms with Crippen LogP contribution in [0.1, 0.15) is 54.1 Å². The maximum absolute atomic E-state index is 14.4. The molecule has 19 heteroatoms. The first-order valence-electron chi connectivity index (χ1n) is 20.9. The Morgan fingerprint density at radius 3 is 2.03 bits per heavy atom. The third-order valence-electron chi connectivity index (χ3n) is 12.7. The third-order valence-corrected chi connectivity index (χ3v) is 14.2. The highest BCUT2D eigenvalue weighted by Gasteiger charge is 2.53. The summed E-state index contributed by atoms with van der Waals surface area (Å²) < 4.78 is 56.7. The summed E-state index contributed by atoms with van der Waals surface area (Å²) in [4.78, 5) is 47.9. The van der Waals surface area contributed by atoms with Gasteiger partial charge in [0.25, 0.3) is 10.1 Å². The average molecular weight is 935 g/mol. The minimum absolute atomic E-state index is 0.0258. The van der Waals surface area contributed by atoms with Gasteiger partial charge < -0.3 is 39.2 Å². The number of nitrogens with one attached hydrogen (secondary N) is 1. The fourth-order valence-corrected chi connectivity index (χ4v) is 10.3. The van der Waals surface area contributed by atoms with Gasteiger partial charge in [0.15, 0.2) is 17.2 Å². The molecule has 3 saturated heterocycles. The van der Waals surface area contributed by atoms with Crippen LogP contribution in [0, 0.1) is 0 Å². The number of piperazine rings is 1. The summed E-state index contributed by atoms with van der Waals surface area (Å²) in [6.45, 7) is 6.31. The number of amides is 2. The molecule has 2 amide bonds. The molecule has 0 saturated carbocycles. The predicted molar refractivity (Wildman–Crippen MR) is 238 cm³/mol. The van der Waals surface area contributed by atoms with E-state index in [0.29, 0.717) is 88.1 Å². The Hall–Kier alpha value is -4.20. The summed E-state index contributed by atoms with van der Waals surface area (Å²) in [5.74, 6) is -2.14. The number of benzene rings is 3. The van der Waals surface area contributed by atoms with Gasteiger partial charge in [0.1, 0.15) is 5.75 Å². The van der Waals surface area contributed by atoms with Gasteiger partial charge in [-0.15, -0.1) is 0 Å². The maximum Gasteiger partial charge on any atom is 0.320 e. The lowest BCUT2D eigenvalue weighted by Gasteiger charge is -2.45. The first kappa shape index (κ1) is 48.3. The fraction of sp³-hybridized carbons (Fsp3) is 0.523. The highest BCUT2D eigenvalue weighted by Crippen LogP contribution is 2.45. The van der Waals surface area contributed by atoms with Gasteiger partial charge in [-0.2, -0.15) is 8.42 Å². The van der Waals surface area contributed by atoms with E-state index < -0.39 is 38.3 Å². The predicted octanol–water partition coefficient (Wildman–Crippen LogP) is 4.69. The van der Waals surface area contributed by atoms with Crippen LogP contribution in [0.2, 0.25) is 10.0 Å². The molecule has 0 aromatic heterocycles. The van der Waals surface area contributed by atoms with Crippen molar-refractivity contribution < 1.29 is 51.4 Å². The number of piperidine rings is 1. The van der Waals surface area contributed by atoms with Crippen LogP contribution in [-0.4, -0.2) is 160 Å². The van der Waals surface area contributed by atoms with Crippen LogP contribution in [0.5, 0.6) is 17.2 Å². The first-order chi connectivity index (χ1) is 30.0. The Bertz CT molecular complexity index is 2200. The van der Waals surface area contributed by atoms with Crippen molar-refractivity contribution in [3.63, 3.8) is 0 Å². The van der Waals surface area contributed by atoms with E-state index in [0.717, 1.165) is 11.1 Å². The molecule has 6 rings (SSSR count). The van der Waals surface area contributed by atoms with Crippen molar-refractivity contribution in [2.75, 3.05) is 99.1 Å². The van der Waals surface area contributed by atoms with Gasteiger partial charge in [0, 0.05) is 63.3 Å². The van der Waals surface area contributed by atoms with Crippen molar-refractivity contribution in [3.05, 3.63) is 87.4 Å². The summed E-state index contributed by atoms with van der Waals surface area (Å²) in [6, 6.07) is 17.7. The third kappa shape index (κ3) is 11.0. The van der Waals surface area contributed by atoms with Gasteiger partial charge in [-0.3, -0.25) is 23.9 Å². The number of nitrogens with zero attached hydrogens (tertiary/aromatic N) is 4. The molecule has 344 valence electrons. The number of urea groups is 1. The summed E-state index contributed by atoms with van der Waals surface area (Å²) in [5.41, 5.74) is -2.42. The smallest absolute Gasteiger partial charge is 0.320 e. The first-order valence-corrected chi connectivity index (χ1v) is 23.3. The Balaban J connectivity index is 1.22. The molecular weight excluding hydrogens is 877 g/mol. The number of ether oxygens (including phenoxy) is 4. The van der Waals surface area contributed by atoms with Gasteiger partial charge >= 0.3 is 12.0 Å². The van der Waals surface area contributed by atoms with Crippen molar-refractivity contribution in [1.82, 2.24) is 24.9 Å². The normalized spacial score (nSPS) is 20.7. The summed E-state index contributed by atoms with van der Waals surface area (Å²) >= 11 is 13.0. The number of esters is 1. The topological polar surface area (TPSA) is 188 Å². The zero-order valence-corrected chi connectivity index (χ0v) is 38.4. The number of Topliss-reactive ketones (excluding diaryl/α,β-unsaturated/α-hetero) is 1. The molecule has 3 aliphatic rings. The molecule has 3 aromatic carbocycles. The lowest BCUT2D eigenvalue weighted by molar-refractivity contribution is -0.144. The van der Waals surface area contributed by atoms with Gasteiger partial charge in [-0.1, -0.05) is 59.6 Å². The molecule has 0 spiro atoms. The molecule has 1 unspecified atom stereocenters. The minimum Gasteiger partial charge on any atom is -0.493 e. The molecule has 0 radical (unpaired) electrons. The number of halogens is 2. The van der Waals surface area contributed by atoms with E-state index in [1.54, 1.807) is 24.0 Å². The summed E-state index contributed by atoms with van der Waals surface area (Å²) in [7, 11) is -0.795. The van der Waals surface area contributed by atoms with Crippen LogP contribution in [0.4, 0.5) is 4.79 Å². The lowest BCUT2D eigenvalue weighted by Crippen LogP contribution is -2.59. The van der Waals surface area contributed by atoms with Crippen LogP contribution in [0.3, 0.4) is 0 Å². The minimum atomic E-state index is -4.92. The van der Waals surface area contributed by atoms with E-state index in [-0.39, 0.29) is 54.4 Å². The average Bonchev–Trinajstić information content (AvgIpc) is 3.72. The van der Waals surface area contributed by atoms with Gasteiger partial charge in [0.2, 0.25) is 11.5 Å². The quantitative estimate of drug-likeness (QED) is 0.0961. The zero-order valence-electron chi connectivity index (χ0n) is 36.1. The summed E-state index contributed by atoms with van der Waals surface area (Å²) in [5, 5.41) is 16.4. The number of hydrogen-bond acceptors (Lipinski definition) is 13. The van der Waals surface area contributed by atoms with E-state index in [1.165, 1.54) is 38.4 Å². The number of aliphatic hydroxyl groups is 1. The number of carbonyl (C=O) groups is 3. The van der Waals surface area contributed by atoms with Crippen molar-refractivity contribution in [3.8, 4) is 17.2 Å². The molecule has 3 heterocycles. The monoisotopic (exact) mass is 933 g/mol. The number of ketones is 1. The van der Waals surface area contributed by atoms with Crippen LogP contribution in [0.15, 0.2) is 60.7 Å². The molecule has 3 N–H and O–H groups in total. The van der Waals surface area contributed by atoms with Gasteiger partial charge in [-0.25, -0.2) is 4.79 Å². The highest BCUT2D eigenvalue weighted by molar-refractivity contribution is 7.85. The van der Waals surface area contributed by atoms with E-state index in [1.807, 2.05) is 41.3 Å². The molecule has 0 aliphatic carbocycles. The molecule has 3 aromatic rings. The lowest BCUT2D eigenvalue weighted by atomic mass is 9.76. The van der Waals surface area contributed by atoms with Crippen LogP contribution in [-0.2, 0) is 30.6 Å². The largest absolute Gasteiger partial charge is 0.493 e. The molecular formula is C44H57Cl2N5O11S. The molecule has 3 aliphatic heterocycles. The molecule has 16 nitrogen and oxygen atoms in total. The van der Waals surface area contributed by atoms with Gasteiger partial charge in [0.05, 0.1) is 50.1 Å². The Morgan fingerprint density at radius 1 is 0.810 bits per heavy atom. The van der Waals surface area contributed by atoms with Crippen molar-refractivity contribution in [1.29, 1.82) is 0 Å². The number of rotatable bonds is 17. The molecule has 2 atom stereocenters. The summed E-state index contributed by atoms with van der Waals surface area (Å²) in [6.07, 6.45) is 2.15. The zero-order chi connectivity index (χ0) is 45.6.